The van der Waals surface area contributed by atoms with Gasteiger partial charge >= 0.3 is 5.97 Å². The van der Waals surface area contributed by atoms with E-state index >= 15 is 0 Å². The molecule has 0 aliphatic carbocycles. The van der Waals surface area contributed by atoms with Crippen LogP contribution in [0.3, 0.4) is 0 Å². The summed E-state index contributed by atoms with van der Waals surface area (Å²) in [6.07, 6.45) is 0.356. The quantitative estimate of drug-likeness (QED) is 0.640. The van der Waals surface area contributed by atoms with Crippen LogP contribution in [0, 0.1) is 0 Å². The van der Waals surface area contributed by atoms with E-state index in [0.717, 1.165) is 5.56 Å². The summed E-state index contributed by atoms with van der Waals surface area (Å²) in [5.41, 5.74) is 1.55. The van der Waals surface area contributed by atoms with Gasteiger partial charge < -0.3 is 4.74 Å². The lowest BCUT2D eigenvalue weighted by Crippen LogP contribution is -2.24. The predicted octanol–water partition coefficient (Wildman–Crippen LogP) is 0.997. The van der Waals surface area contributed by atoms with Gasteiger partial charge in [0.1, 0.15) is 5.71 Å². The van der Waals surface area contributed by atoms with Gasteiger partial charge in [-0.15, -0.1) is 0 Å². The average molecular weight is 203 g/mol. The van der Waals surface area contributed by atoms with Crippen molar-refractivity contribution in [2.24, 2.45) is 4.99 Å². The van der Waals surface area contributed by atoms with E-state index in [0.29, 0.717) is 12.0 Å². The molecule has 0 unspecified atom stereocenters. The highest BCUT2D eigenvalue weighted by atomic mass is 16.5. The van der Waals surface area contributed by atoms with Crippen LogP contribution in [0.1, 0.15) is 15.9 Å². The molecular weight excluding hydrogens is 194 g/mol. The van der Waals surface area contributed by atoms with Gasteiger partial charge in [-0.2, -0.15) is 0 Å². The first-order chi connectivity index (χ1) is 7.22. The maximum atomic E-state index is 11.5. The molecule has 0 fully saturated rings. The first kappa shape index (κ1) is 9.58. The van der Waals surface area contributed by atoms with Crippen molar-refractivity contribution in [3.05, 3.63) is 35.4 Å². The third-order valence-corrected chi connectivity index (χ3v) is 2.26. The molecule has 1 aromatic rings. The van der Waals surface area contributed by atoms with E-state index in [1.165, 1.54) is 7.11 Å². The minimum Gasteiger partial charge on any atom is -0.465 e. The second kappa shape index (κ2) is 3.65. The standard InChI is InChI=1S/C11H9NO3/c1-15-11(14)9-6-7-4-2-3-5-8(7)10(13)12-9/h2-5H,6H2,1H3. The van der Waals surface area contributed by atoms with Gasteiger partial charge in [0.2, 0.25) is 0 Å². The Morgan fingerprint density at radius 1 is 1.40 bits per heavy atom. The van der Waals surface area contributed by atoms with E-state index in [-0.39, 0.29) is 11.6 Å². The van der Waals surface area contributed by atoms with Gasteiger partial charge in [0, 0.05) is 12.0 Å². The van der Waals surface area contributed by atoms with Crippen molar-refractivity contribution in [1.82, 2.24) is 0 Å². The Labute approximate surface area is 86.6 Å². The molecule has 0 bridgehead atoms. The minimum atomic E-state index is -0.544. The minimum absolute atomic E-state index is 0.168. The van der Waals surface area contributed by atoms with Crippen molar-refractivity contribution in [2.75, 3.05) is 7.11 Å². The van der Waals surface area contributed by atoms with Crippen molar-refractivity contribution in [2.45, 2.75) is 6.42 Å². The Morgan fingerprint density at radius 3 is 2.87 bits per heavy atom. The molecule has 4 heteroatoms. The molecular formula is C11H9NO3. The third-order valence-electron chi connectivity index (χ3n) is 2.26. The van der Waals surface area contributed by atoms with Crippen molar-refractivity contribution in [1.29, 1.82) is 0 Å². The molecule has 1 aliphatic rings. The lowest BCUT2D eigenvalue weighted by Gasteiger charge is -2.12. The van der Waals surface area contributed by atoms with Gasteiger partial charge in [-0.1, -0.05) is 18.2 Å². The summed E-state index contributed by atoms with van der Waals surface area (Å²) >= 11 is 0. The molecule has 0 aromatic heterocycles. The Morgan fingerprint density at radius 2 is 2.13 bits per heavy atom. The van der Waals surface area contributed by atoms with Gasteiger partial charge in [0.05, 0.1) is 7.11 Å². The van der Waals surface area contributed by atoms with Gasteiger partial charge in [-0.25, -0.2) is 9.79 Å². The van der Waals surface area contributed by atoms with Crippen LogP contribution in [0.25, 0.3) is 0 Å². The van der Waals surface area contributed by atoms with Crippen LogP contribution in [0.2, 0.25) is 0 Å². The number of rotatable bonds is 1. The normalized spacial score (nSPS) is 14.2. The van der Waals surface area contributed by atoms with Crippen LogP contribution >= 0.6 is 0 Å². The molecule has 1 aromatic carbocycles. The lowest BCUT2D eigenvalue weighted by molar-refractivity contribution is -0.132. The Bertz CT molecular complexity index is 463. The molecule has 1 aliphatic heterocycles. The van der Waals surface area contributed by atoms with E-state index < -0.39 is 5.97 Å². The highest BCUT2D eigenvalue weighted by molar-refractivity contribution is 6.40. The molecule has 4 nitrogen and oxygen atoms in total. The number of carbonyl (C=O) groups is 2. The summed E-state index contributed by atoms with van der Waals surface area (Å²) in [5.74, 6) is -0.921. The number of esters is 1. The zero-order valence-electron chi connectivity index (χ0n) is 8.19. The summed E-state index contributed by atoms with van der Waals surface area (Å²) in [5, 5.41) is 0. The molecule has 0 spiro atoms. The molecule has 1 heterocycles. The molecule has 0 atom stereocenters. The molecule has 1 amide bonds. The average Bonchev–Trinajstić information content (AvgIpc) is 2.28. The lowest BCUT2D eigenvalue weighted by atomic mass is 9.98. The summed E-state index contributed by atoms with van der Waals surface area (Å²) < 4.78 is 4.53. The van der Waals surface area contributed by atoms with E-state index in [1.54, 1.807) is 12.1 Å². The van der Waals surface area contributed by atoms with Crippen LogP contribution in [-0.4, -0.2) is 24.7 Å². The van der Waals surface area contributed by atoms with Gasteiger partial charge in [-0.05, 0) is 11.6 Å². The van der Waals surface area contributed by atoms with Crippen molar-refractivity contribution >= 4 is 17.6 Å². The van der Waals surface area contributed by atoms with Crippen LogP contribution in [0.15, 0.2) is 29.3 Å². The highest BCUT2D eigenvalue weighted by Gasteiger charge is 2.23. The smallest absolute Gasteiger partial charge is 0.352 e. The molecule has 15 heavy (non-hydrogen) atoms. The number of carbonyl (C=O) groups excluding carboxylic acids is 2. The van der Waals surface area contributed by atoms with E-state index in [1.807, 2.05) is 12.1 Å². The van der Waals surface area contributed by atoms with Gasteiger partial charge in [-0.3, -0.25) is 4.79 Å². The molecule has 76 valence electrons. The fourth-order valence-corrected chi connectivity index (χ4v) is 1.52. The van der Waals surface area contributed by atoms with Crippen LogP contribution in [-0.2, 0) is 16.0 Å². The Kier molecular flexibility index (Phi) is 2.33. The summed E-state index contributed by atoms with van der Waals surface area (Å²) in [6.45, 7) is 0. The highest BCUT2D eigenvalue weighted by Crippen LogP contribution is 2.16. The maximum Gasteiger partial charge on any atom is 0.352 e. The van der Waals surface area contributed by atoms with Crippen molar-refractivity contribution in [3.8, 4) is 0 Å². The zero-order valence-corrected chi connectivity index (χ0v) is 8.19. The Balaban J connectivity index is 2.40. The Hall–Kier alpha value is -1.97. The second-order valence-electron chi connectivity index (χ2n) is 3.19. The van der Waals surface area contributed by atoms with Crippen LogP contribution < -0.4 is 0 Å². The molecule has 0 saturated carbocycles. The number of nitrogens with zero attached hydrogens (tertiary/aromatic N) is 1. The first-order valence-electron chi connectivity index (χ1n) is 4.50. The maximum absolute atomic E-state index is 11.5. The number of benzene rings is 1. The fourth-order valence-electron chi connectivity index (χ4n) is 1.52. The van der Waals surface area contributed by atoms with Gasteiger partial charge in [0.15, 0.2) is 0 Å². The zero-order chi connectivity index (χ0) is 10.8. The molecule has 0 radical (unpaired) electrons. The van der Waals surface area contributed by atoms with Crippen molar-refractivity contribution < 1.29 is 14.3 Å². The van der Waals surface area contributed by atoms with E-state index in [9.17, 15) is 9.59 Å². The summed E-state index contributed by atoms with van der Waals surface area (Å²) in [7, 11) is 1.27. The number of hydrogen-bond acceptors (Lipinski definition) is 3. The topological polar surface area (TPSA) is 55.7 Å². The number of fused-ring (bicyclic) bond motifs is 1. The SMILES string of the molecule is COC(=O)C1=NC(=O)c2ccccc2C1. The number of methoxy groups -OCH3 is 1. The van der Waals surface area contributed by atoms with Crippen molar-refractivity contribution in [3.63, 3.8) is 0 Å². The predicted molar refractivity (Wildman–Crippen MR) is 53.9 cm³/mol. The fraction of sp³-hybridized carbons (Fsp3) is 0.182. The third kappa shape index (κ3) is 1.66. The largest absolute Gasteiger partial charge is 0.465 e. The molecule has 2 rings (SSSR count). The second-order valence-corrected chi connectivity index (χ2v) is 3.19. The summed E-state index contributed by atoms with van der Waals surface area (Å²) in [4.78, 5) is 26.4. The molecule has 0 saturated heterocycles. The van der Waals surface area contributed by atoms with Gasteiger partial charge in [0.25, 0.3) is 5.91 Å². The van der Waals surface area contributed by atoms with Crippen LogP contribution in [0.4, 0.5) is 0 Å². The number of aliphatic imine (C=N–C) groups is 1. The first-order valence-corrected chi connectivity index (χ1v) is 4.50. The number of ether oxygens (including phenoxy) is 1. The molecule has 0 N–H and O–H groups in total. The monoisotopic (exact) mass is 203 g/mol. The van der Waals surface area contributed by atoms with E-state index in [4.69, 9.17) is 0 Å². The summed E-state index contributed by atoms with van der Waals surface area (Å²) in [6, 6.07) is 7.11. The van der Waals surface area contributed by atoms with E-state index in [2.05, 4.69) is 9.73 Å². The number of hydrogen-bond donors (Lipinski definition) is 0. The number of amides is 1. The van der Waals surface area contributed by atoms with Crippen LogP contribution in [0.5, 0.6) is 0 Å².